The fraction of sp³-hybridized carbons (Fsp3) is 0.636. The fourth-order valence-corrected chi connectivity index (χ4v) is 1.77. The summed E-state index contributed by atoms with van der Waals surface area (Å²) in [6, 6.07) is -1.09. The topological polar surface area (TPSA) is 120 Å². The van der Waals surface area contributed by atoms with Crippen molar-refractivity contribution in [2.45, 2.75) is 25.8 Å². The Morgan fingerprint density at radius 1 is 1.60 bits per heavy atom. The number of aromatic nitrogens is 2. The van der Waals surface area contributed by atoms with Gasteiger partial charge in [0.2, 0.25) is 5.82 Å². The van der Waals surface area contributed by atoms with Crippen molar-refractivity contribution in [1.82, 2.24) is 9.78 Å². The highest BCUT2D eigenvalue weighted by Crippen LogP contribution is 2.33. The van der Waals surface area contributed by atoms with Gasteiger partial charge in [0.05, 0.1) is 11.5 Å². The van der Waals surface area contributed by atoms with Gasteiger partial charge in [0.25, 0.3) is 0 Å². The van der Waals surface area contributed by atoms with Crippen LogP contribution in [0.15, 0.2) is 0 Å². The summed E-state index contributed by atoms with van der Waals surface area (Å²) in [7, 11) is 2.88. The van der Waals surface area contributed by atoms with E-state index in [1.807, 2.05) is 0 Å². The molecule has 0 saturated carbocycles. The van der Waals surface area contributed by atoms with Gasteiger partial charge in [-0.1, -0.05) is 13.8 Å². The van der Waals surface area contributed by atoms with Crippen molar-refractivity contribution in [3.05, 3.63) is 15.8 Å². The first-order valence-electron chi connectivity index (χ1n) is 5.99. The second-order valence-corrected chi connectivity index (χ2v) is 4.61. The predicted molar refractivity (Wildman–Crippen MR) is 70.9 cm³/mol. The molecule has 9 nitrogen and oxygen atoms in total. The van der Waals surface area contributed by atoms with Crippen molar-refractivity contribution in [2.24, 2.45) is 7.05 Å². The summed E-state index contributed by atoms with van der Waals surface area (Å²) in [6.07, 6.45) is 0. The second kappa shape index (κ2) is 6.33. The predicted octanol–water partition coefficient (Wildman–Crippen LogP) is 0.963. The molecule has 112 valence electrons. The van der Waals surface area contributed by atoms with Gasteiger partial charge in [-0.15, -0.1) is 0 Å². The average molecular weight is 286 g/mol. The van der Waals surface area contributed by atoms with E-state index >= 15 is 0 Å². The van der Waals surface area contributed by atoms with Crippen LogP contribution in [0.5, 0.6) is 0 Å². The zero-order valence-corrected chi connectivity index (χ0v) is 11.8. The van der Waals surface area contributed by atoms with Gasteiger partial charge in [0.1, 0.15) is 11.7 Å². The number of aliphatic carboxylic acids is 1. The quantitative estimate of drug-likeness (QED) is 0.566. The lowest BCUT2D eigenvalue weighted by Crippen LogP contribution is -2.34. The number of hydrogen-bond acceptors (Lipinski definition) is 6. The molecule has 1 atom stereocenters. The molecule has 1 unspecified atom stereocenters. The SMILES string of the molecule is COCC(Nc1c([N+](=O)[O-])c(C(C)C)nn1C)C(=O)O. The highest BCUT2D eigenvalue weighted by atomic mass is 16.6. The monoisotopic (exact) mass is 286 g/mol. The number of ether oxygens (including phenoxy) is 1. The van der Waals surface area contributed by atoms with Crippen molar-refractivity contribution >= 4 is 17.5 Å². The Morgan fingerprint density at radius 2 is 2.20 bits per heavy atom. The van der Waals surface area contributed by atoms with Gasteiger partial charge in [0.15, 0.2) is 0 Å². The van der Waals surface area contributed by atoms with Gasteiger partial charge >= 0.3 is 11.7 Å². The molecule has 0 aliphatic carbocycles. The molecule has 1 aromatic rings. The standard InChI is InChI=1S/C11H18N4O5/c1-6(2)8-9(15(18)19)10(14(3)13-8)12-7(5-20-4)11(16)17/h6-7,12H,5H2,1-4H3,(H,16,17). The first-order chi connectivity index (χ1) is 9.29. The van der Waals surface area contributed by atoms with Crippen LogP contribution in [0.3, 0.4) is 0 Å². The van der Waals surface area contributed by atoms with Gasteiger partial charge in [0, 0.05) is 20.1 Å². The van der Waals surface area contributed by atoms with Crippen LogP contribution in [-0.4, -0.2) is 45.5 Å². The molecule has 0 aliphatic heterocycles. The first-order valence-corrected chi connectivity index (χ1v) is 5.99. The van der Waals surface area contributed by atoms with Gasteiger partial charge in [-0.3, -0.25) is 10.1 Å². The number of anilines is 1. The average Bonchev–Trinajstić information content (AvgIpc) is 2.66. The summed E-state index contributed by atoms with van der Waals surface area (Å²) in [5, 5.41) is 27.0. The third-order valence-corrected chi connectivity index (χ3v) is 2.72. The van der Waals surface area contributed by atoms with Crippen molar-refractivity contribution in [3.63, 3.8) is 0 Å². The first kappa shape index (κ1) is 15.9. The molecule has 0 fully saturated rings. The lowest BCUT2D eigenvalue weighted by Gasteiger charge is -2.14. The van der Waals surface area contributed by atoms with Gasteiger partial charge < -0.3 is 15.2 Å². The van der Waals surface area contributed by atoms with Crippen LogP contribution in [-0.2, 0) is 16.6 Å². The lowest BCUT2D eigenvalue weighted by atomic mass is 10.1. The zero-order chi connectivity index (χ0) is 15.4. The van der Waals surface area contributed by atoms with Crippen molar-refractivity contribution < 1.29 is 19.6 Å². The van der Waals surface area contributed by atoms with Crippen LogP contribution in [0.4, 0.5) is 11.5 Å². The van der Waals surface area contributed by atoms with Crippen molar-refractivity contribution in [2.75, 3.05) is 19.0 Å². The molecule has 9 heteroatoms. The van der Waals surface area contributed by atoms with E-state index in [2.05, 4.69) is 10.4 Å². The van der Waals surface area contributed by atoms with E-state index in [0.717, 1.165) is 0 Å². The molecular weight excluding hydrogens is 268 g/mol. The van der Waals surface area contributed by atoms with E-state index in [0.29, 0.717) is 5.69 Å². The van der Waals surface area contributed by atoms with Crippen LogP contribution in [0.1, 0.15) is 25.5 Å². The Bertz CT molecular complexity index is 511. The minimum absolute atomic E-state index is 0.0585. The molecule has 1 heterocycles. The number of nitro groups is 1. The molecule has 0 amide bonds. The Balaban J connectivity index is 3.23. The maximum absolute atomic E-state index is 11.2. The van der Waals surface area contributed by atoms with E-state index in [9.17, 15) is 14.9 Å². The number of carboxylic acids is 1. The number of carbonyl (C=O) groups is 1. The number of nitrogens with zero attached hydrogens (tertiary/aromatic N) is 3. The summed E-state index contributed by atoms with van der Waals surface area (Å²) in [4.78, 5) is 21.7. The van der Waals surface area contributed by atoms with Crippen LogP contribution < -0.4 is 5.32 Å². The van der Waals surface area contributed by atoms with E-state index in [1.165, 1.54) is 18.8 Å². The number of rotatable bonds is 7. The number of carboxylic acid groups (broad SMARTS) is 1. The molecule has 0 radical (unpaired) electrons. The summed E-state index contributed by atoms with van der Waals surface area (Å²) in [5.74, 6) is -1.25. The van der Waals surface area contributed by atoms with E-state index in [-0.39, 0.29) is 24.0 Å². The Labute approximate surface area is 115 Å². The van der Waals surface area contributed by atoms with Crippen molar-refractivity contribution in [1.29, 1.82) is 0 Å². The fourth-order valence-electron chi connectivity index (χ4n) is 1.77. The summed E-state index contributed by atoms with van der Waals surface area (Å²) in [5.41, 5.74) is 0.103. The lowest BCUT2D eigenvalue weighted by molar-refractivity contribution is -0.384. The number of hydrogen-bond donors (Lipinski definition) is 2. The van der Waals surface area contributed by atoms with Crippen molar-refractivity contribution in [3.8, 4) is 0 Å². The van der Waals surface area contributed by atoms with Crippen LogP contribution in [0.2, 0.25) is 0 Å². The molecule has 0 saturated heterocycles. The molecule has 0 bridgehead atoms. The smallest absolute Gasteiger partial charge is 0.334 e. The normalized spacial score (nSPS) is 12.4. The third kappa shape index (κ3) is 3.23. The summed E-state index contributed by atoms with van der Waals surface area (Å²) < 4.78 is 6.07. The van der Waals surface area contributed by atoms with Crippen LogP contribution in [0.25, 0.3) is 0 Å². The zero-order valence-electron chi connectivity index (χ0n) is 11.8. The Kier molecular flexibility index (Phi) is 5.03. The minimum atomic E-state index is -1.16. The highest BCUT2D eigenvalue weighted by Gasteiger charge is 2.31. The summed E-state index contributed by atoms with van der Waals surface area (Å²) in [6.45, 7) is 3.45. The van der Waals surface area contributed by atoms with Crippen LogP contribution >= 0.6 is 0 Å². The number of methoxy groups -OCH3 is 1. The molecule has 1 aromatic heterocycles. The molecule has 0 aromatic carbocycles. The molecule has 0 aliphatic rings. The highest BCUT2D eigenvalue weighted by molar-refractivity contribution is 5.78. The number of nitrogens with one attached hydrogen (secondary N) is 1. The summed E-state index contributed by atoms with van der Waals surface area (Å²) >= 11 is 0. The maximum Gasteiger partial charge on any atom is 0.334 e. The molecule has 20 heavy (non-hydrogen) atoms. The Hall–Kier alpha value is -2.16. The maximum atomic E-state index is 11.2. The second-order valence-electron chi connectivity index (χ2n) is 4.61. The van der Waals surface area contributed by atoms with E-state index < -0.39 is 16.9 Å². The molecule has 0 spiro atoms. The van der Waals surface area contributed by atoms with Gasteiger partial charge in [-0.25, -0.2) is 9.48 Å². The molecule has 1 rings (SSSR count). The van der Waals surface area contributed by atoms with Crippen LogP contribution in [0, 0.1) is 10.1 Å². The third-order valence-electron chi connectivity index (χ3n) is 2.72. The minimum Gasteiger partial charge on any atom is -0.480 e. The van der Waals surface area contributed by atoms with Gasteiger partial charge in [-0.05, 0) is 0 Å². The van der Waals surface area contributed by atoms with Gasteiger partial charge in [-0.2, -0.15) is 5.10 Å². The molecule has 2 N–H and O–H groups in total. The number of aryl methyl sites for hydroxylation is 1. The van der Waals surface area contributed by atoms with E-state index in [4.69, 9.17) is 9.84 Å². The Morgan fingerprint density at radius 3 is 2.60 bits per heavy atom. The largest absolute Gasteiger partial charge is 0.480 e. The molecular formula is C11H18N4O5. The van der Waals surface area contributed by atoms with E-state index in [1.54, 1.807) is 13.8 Å².